The summed E-state index contributed by atoms with van der Waals surface area (Å²) in [6, 6.07) is 18.7. The lowest BCUT2D eigenvalue weighted by atomic mass is 9.77. The first kappa shape index (κ1) is 23.1. The lowest BCUT2D eigenvalue weighted by Gasteiger charge is -2.30. The van der Waals surface area contributed by atoms with Crippen molar-refractivity contribution in [3.8, 4) is 11.1 Å². The molecule has 6 heteroatoms. The molecule has 0 spiro atoms. The fourth-order valence-corrected chi connectivity index (χ4v) is 5.51. The molecule has 6 nitrogen and oxygen atoms in total. The maximum Gasteiger partial charge on any atom is 0.326 e. The van der Waals surface area contributed by atoms with Gasteiger partial charge < -0.3 is 10.4 Å². The molecule has 3 aromatic rings. The highest BCUT2D eigenvalue weighted by Crippen LogP contribution is 2.38. The van der Waals surface area contributed by atoms with Crippen LogP contribution in [-0.2, 0) is 11.2 Å². The molecule has 5 rings (SSSR count). The summed E-state index contributed by atoms with van der Waals surface area (Å²) in [4.78, 5) is 29.7. The number of nitrogens with zero attached hydrogens (tertiary/aromatic N) is 2. The van der Waals surface area contributed by atoms with Crippen molar-refractivity contribution in [2.75, 3.05) is 16.8 Å². The predicted molar refractivity (Wildman–Crippen MR) is 138 cm³/mol. The van der Waals surface area contributed by atoms with E-state index in [9.17, 15) is 9.59 Å². The zero-order chi connectivity index (χ0) is 24.2. The van der Waals surface area contributed by atoms with Crippen LogP contribution in [0.5, 0.6) is 0 Å². The van der Waals surface area contributed by atoms with Crippen molar-refractivity contribution in [1.82, 2.24) is 4.98 Å². The zero-order valence-electron chi connectivity index (χ0n) is 19.8. The van der Waals surface area contributed by atoms with Crippen molar-refractivity contribution in [2.45, 2.75) is 50.9 Å². The van der Waals surface area contributed by atoms with Crippen LogP contribution in [0.1, 0.15) is 55.6 Å². The molecule has 0 saturated heterocycles. The monoisotopic (exact) mass is 469 g/mol. The Hall–Kier alpha value is -3.67. The standard InChI is InChI=1S/C29H31N3O3/c33-28(34)18-20-3-5-21(6-4-20)22-7-9-23(10-8-22)24-11-12-27-25(19-24)2-1-17-32(27)29(35)31-26-13-15-30-16-14-26/h7-16,19-21H,1-6,17-18H2,(H,33,34)(H,30,31,35). The van der Waals surface area contributed by atoms with Crippen molar-refractivity contribution in [2.24, 2.45) is 5.92 Å². The van der Waals surface area contributed by atoms with E-state index in [-0.39, 0.29) is 6.03 Å². The molecule has 2 heterocycles. The van der Waals surface area contributed by atoms with Gasteiger partial charge in [0, 0.05) is 36.7 Å². The van der Waals surface area contributed by atoms with Gasteiger partial charge in [-0.1, -0.05) is 30.3 Å². The molecule has 1 aliphatic heterocycles. The molecule has 2 aliphatic rings. The van der Waals surface area contributed by atoms with Crippen molar-refractivity contribution in [3.05, 3.63) is 78.1 Å². The van der Waals surface area contributed by atoms with Gasteiger partial charge in [0.05, 0.1) is 0 Å². The van der Waals surface area contributed by atoms with E-state index in [1.54, 1.807) is 24.5 Å². The minimum atomic E-state index is -0.680. The molecule has 0 radical (unpaired) electrons. The summed E-state index contributed by atoms with van der Waals surface area (Å²) in [6.45, 7) is 0.701. The van der Waals surface area contributed by atoms with Crippen LogP contribution in [-0.4, -0.2) is 28.6 Å². The summed E-state index contributed by atoms with van der Waals surface area (Å²) < 4.78 is 0. The molecular weight excluding hydrogens is 438 g/mol. The molecule has 2 aromatic carbocycles. The number of benzene rings is 2. The number of hydrogen-bond acceptors (Lipinski definition) is 3. The Morgan fingerprint density at radius 1 is 0.943 bits per heavy atom. The summed E-state index contributed by atoms with van der Waals surface area (Å²) in [5.74, 6) is 0.162. The summed E-state index contributed by atoms with van der Waals surface area (Å²) in [7, 11) is 0. The van der Waals surface area contributed by atoms with Crippen LogP contribution in [0.3, 0.4) is 0 Å². The maximum absolute atomic E-state index is 12.9. The molecule has 35 heavy (non-hydrogen) atoms. The number of anilines is 2. The van der Waals surface area contributed by atoms with E-state index in [2.05, 4.69) is 52.8 Å². The van der Waals surface area contributed by atoms with E-state index in [0.717, 1.165) is 55.5 Å². The van der Waals surface area contributed by atoms with Crippen LogP contribution in [0, 0.1) is 5.92 Å². The van der Waals surface area contributed by atoms with Crippen LogP contribution in [0.4, 0.5) is 16.2 Å². The molecule has 180 valence electrons. The molecule has 2 amide bonds. The summed E-state index contributed by atoms with van der Waals surface area (Å²) in [5.41, 5.74) is 6.59. The van der Waals surface area contributed by atoms with Gasteiger partial charge in [-0.25, -0.2) is 4.79 Å². The van der Waals surface area contributed by atoms with E-state index in [1.807, 2.05) is 4.90 Å². The van der Waals surface area contributed by atoms with E-state index in [4.69, 9.17) is 5.11 Å². The number of rotatable bonds is 5. The van der Waals surface area contributed by atoms with Crippen LogP contribution in [0.25, 0.3) is 11.1 Å². The van der Waals surface area contributed by atoms with Gasteiger partial charge in [-0.05, 0) is 96.9 Å². The third-order valence-electron chi connectivity index (χ3n) is 7.40. The molecule has 1 saturated carbocycles. The van der Waals surface area contributed by atoms with Gasteiger partial charge in [-0.2, -0.15) is 0 Å². The average molecular weight is 470 g/mol. The first-order valence-corrected chi connectivity index (χ1v) is 12.5. The summed E-state index contributed by atoms with van der Waals surface area (Å²) >= 11 is 0. The highest BCUT2D eigenvalue weighted by atomic mass is 16.4. The van der Waals surface area contributed by atoms with Gasteiger partial charge in [-0.15, -0.1) is 0 Å². The Labute approximate surface area is 206 Å². The number of fused-ring (bicyclic) bond motifs is 1. The Kier molecular flexibility index (Phi) is 6.80. The molecule has 1 aromatic heterocycles. The molecule has 0 bridgehead atoms. The molecular formula is C29H31N3O3. The largest absolute Gasteiger partial charge is 0.481 e. The van der Waals surface area contributed by atoms with Gasteiger partial charge in [0.15, 0.2) is 0 Å². The summed E-state index contributed by atoms with van der Waals surface area (Å²) in [5, 5.41) is 12.0. The number of carbonyl (C=O) groups is 2. The number of urea groups is 1. The predicted octanol–water partition coefficient (Wildman–Crippen LogP) is 6.48. The Morgan fingerprint density at radius 3 is 2.37 bits per heavy atom. The van der Waals surface area contributed by atoms with E-state index in [1.165, 1.54) is 16.7 Å². The second-order valence-electron chi connectivity index (χ2n) is 9.70. The Morgan fingerprint density at radius 2 is 1.66 bits per heavy atom. The van der Waals surface area contributed by atoms with Crippen molar-refractivity contribution in [3.63, 3.8) is 0 Å². The normalized spacial score (nSPS) is 19.6. The highest BCUT2D eigenvalue weighted by molar-refractivity contribution is 6.02. The molecule has 1 fully saturated rings. The number of aromatic nitrogens is 1. The van der Waals surface area contributed by atoms with E-state index in [0.29, 0.717) is 24.8 Å². The Bertz CT molecular complexity index is 1190. The van der Waals surface area contributed by atoms with Crippen LogP contribution < -0.4 is 10.2 Å². The first-order chi connectivity index (χ1) is 17.1. The van der Waals surface area contributed by atoms with Gasteiger partial charge >= 0.3 is 12.0 Å². The van der Waals surface area contributed by atoms with Crippen molar-refractivity contribution >= 4 is 23.4 Å². The van der Waals surface area contributed by atoms with Crippen LogP contribution in [0.15, 0.2) is 67.0 Å². The number of nitrogens with one attached hydrogen (secondary N) is 1. The maximum atomic E-state index is 12.9. The third kappa shape index (κ3) is 5.37. The molecule has 2 N–H and O–H groups in total. The number of aryl methyl sites for hydroxylation is 1. The molecule has 0 unspecified atom stereocenters. The number of carboxylic acid groups (broad SMARTS) is 1. The number of hydrogen-bond donors (Lipinski definition) is 2. The Balaban J connectivity index is 1.27. The molecule has 1 aliphatic carbocycles. The van der Waals surface area contributed by atoms with Gasteiger partial charge in [0.2, 0.25) is 0 Å². The second kappa shape index (κ2) is 10.3. The smallest absolute Gasteiger partial charge is 0.326 e. The van der Waals surface area contributed by atoms with Crippen LogP contribution in [0.2, 0.25) is 0 Å². The number of pyridine rings is 1. The zero-order valence-corrected chi connectivity index (χ0v) is 19.8. The van der Waals surface area contributed by atoms with E-state index < -0.39 is 5.97 Å². The minimum absolute atomic E-state index is 0.118. The quantitative estimate of drug-likeness (QED) is 0.448. The van der Waals surface area contributed by atoms with Crippen molar-refractivity contribution < 1.29 is 14.7 Å². The highest BCUT2D eigenvalue weighted by Gasteiger charge is 2.25. The number of carboxylic acids is 1. The number of aliphatic carboxylic acids is 1. The second-order valence-corrected chi connectivity index (χ2v) is 9.70. The van der Waals surface area contributed by atoms with E-state index >= 15 is 0 Å². The van der Waals surface area contributed by atoms with Crippen LogP contribution >= 0.6 is 0 Å². The fraction of sp³-hybridized carbons (Fsp3) is 0.345. The number of amides is 2. The first-order valence-electron chi connectivity index (χ1n) is 12.5. The SMILES string of the molecule is O=C(O)CC1CCC(c2ccc(-c3ccc4c(c3)CCCN4C(=O)Nc3ccncc3)cc2)CC1. The lowest BCUT2D eigenvalue weighted by Crippen LogP contribution is -2.38. The molecule has 0 atom stereocenters. The average Bonchev–Trinajstić information content (AvgIpc) is 2.89. The minimum Gasteiger partial charge on any atom is -0.481 e. The summed E-state index contributed by atoms with van der Waals surface area (Å²) in [6.07, 6.45) is 9.64. The third-order valence-corrected chi connectivity index (χ3v) is 7.40. The topological polar surface area (TPSA) is 82.5 Å². The van der Waals surface area contributed by atoms with Gasteiger partial charge in [0.25, 0.3) is 0 Å². The van der Waals surface area contributed by atoms with Crippen molar-refractivity contribution in [1.29, 1.82) is 0 Å². The fourth-order valence-electron chi connectivity index (χ4n) is 5.51. The van der Waals surface area contributed by atoms with Gasteiger partial charge in [-0.3, -0.25) is 14.7 Å². The number of carbonyl (C=O) groups excluding carboxylic acids is 1. The lowest BCUT2D eigenvalue weighted by molar-refractivity contribution is -0.138. The van der Waals surface area contributed by atoms with Gasteiger partial charge in [0.1, 0.15) is 0 Å².